The SMILES string of the molecule is CCCO[P@@](C)(=O)OC[C@H]1CCC[NH+]2CCCC[C@H]12. The zero-order valence-electron chi connectivity index (χ0n) is 12.4. The Morgan fingerprint density at radius 1 is 1.16 bits per heavy atom. The number of rotatable bonds is 6. The van der Waals surface area contributed by atoms with Crippen LogP contribution < -0.4 is 4.90 Å². The van der Waals surface area contributed by atoms with E-state index in [0.29, 0.717) is 19.1 Å². The van der Waals surface area contributed by atoms with Crippen LogP contribution in [-0.4, -0.2) is 39.0 Å². The van der Waals surface area contributed by atoms with Crippen LogP contribution in [0.4, 0.5) is 0 Å². The Morgan fingerprint density at radius 3 is 2.74 bits per heavy atom. The first-order valence-electron chi connectivity index (χ1n) is 7.83. The van der Waals surface area contributed by atoms with Crippen LogP contribution in [0.2, 0.25) is 0 Å². The second-order valence-electron chi connectivity index (χ2n) is 6.06. The van der Waals surface area contributed by atoms with Gasteiger partial charge in [0, 0.05) is 12.6 Å². The standard InChI is InChI=1S/C14H28NO3P/c1-3-11-17-19(2,16)18-12-13-7-6-10-15-9-5-4-8-14(13)15/h13-14H,3-12H2,1-2H3/p+1/t13-,14-,19-/m1/s1. The molecule has 2 fully saturated rings. The van der Waals surface area contributed by atoms with Crippen LogP contribution in [0, 0.1) is 5.92 Å². The monoisotopic (exact) mass is 290 g/mol. The van der Waals surface area contributed by atoms with Crippen molar-refractivity contribution in [3.63, 3.8) is 0 Å². The van der Waals surface area contributed by atoms with E-state index in [9.17, 15) is 4.57 Å². The molecule has 0 spiro atoms. The molecule has 0 bridgehead atoms. The third-order valence-electron chi connectivity index (χ3n) is 4.48. The van der Waals surface area contributed by atoms with Crippen LogP contribution >= 0.6 is 7.60 Å². The van der Waals surface area contributed by atoms with Gasteiger partial charge < -0.3 is 13.9 Å². The predicted molar refractivity (Wildman–Crippen MR) is 76.8 cm³/mol. The number of nitrogens with one attached hydrogen (secondary N) is 1. The average Bonchev–Trinajstić information content (AvgIpc) is 2.43. The van der Waals surface area contributed by atoms with Gasteiger partial charge >= 0.3 is 7.60 Å². The zero-order chi connectivity index (χ0) is 13.7. The van der Waals surface area contributed by atoms with Crippen molar-refractivity contribution in [1.82, 2.24) is 0 Å². The van der Waals surface area contributed by atoms with Crippen molar-refractivity contribution >= 4 is 7.60 Å². The molecule has 0 amide bonds. The Kier molecular flexibility index (Phi) is 5.88. The minimum atomic E-state index is -2.83. The molecule has 2 aliphatic rings. The van der Waals surface area contributed by atoms with Gasteiger partial charge in [0.15, 0.2) is 0 Å². The lowest BCUT2D eigenvalue weighted by atomic mass is 9.84. The highest BCUT2D eigenvalue weighted by atomic mass is 31.2. The number of hydrogen-bond acceptors (Lipinski definition) is 3. The second-order valence-corrected chi connectivity index (χ2v) is 8.12. The highest BCUT2D eigenvalue weighted by Crippen LogP contribution is 2.44. The van der Waals surface area contributed by atoms with Crippen LogP contribution in [0.15, 0.2) is 0 Å². The Balaban J connectivity index is 1.82. The number of quaternary nitrogens is 1. The second kappa shape index (κ2) is 7.21. The van der Waals surface area contributed by atoms with E-state index < -0.39 is 7.60 Å². The predicted octanol–water partition coefficient (Wildman–Crippen LogP) is 2.10. The maximum atomic E-state index is 12.1. The van der Waals surface area contributed by atoms with Crippen molar-refractivity contribution in [2.24, 2.45) is 5.92 Å². The average molecular weight is 290 g/mol. The molecular formula is C14H29NO3P+. The van der Waals surface area contributed by atoms with Crippen molar-refractivity contribution in [3.05, 3.63) is 0 Å². The first-order chi connectivity index (χ1) is 9.12. The number of piperidine rings is 2. The summed E-state index contributed by atoms with van der Waals surface area (Å²) in [6, 6.07) is 0.730. The van der Waals surface area contributed by atoms with E-state index in [4.69, 9.17) is 9.05 Å². The van der Waals surface area contributed by atoms with E-state index in [2.05, 4.69) is 0 Å². The fraction of sp³-hybridized carbons (Fsp3) is 1.00. The quantitative estimate of drug-likeness (QED) is 0.762. The first-order valence-corrected chi connectivity index (χ1v) is 9.82. The van der Waals surface area contributed by atoms with Gasteiger partial charge in [0.1, 0.15) is 0 Å². The van der Waals surface area contributed by atoms with Crippen molar-refractivity contribution in [2.75, 3.05) is 33.0 Å². The van der Waals surface area contributed by atoms with Gasteiger partial charge in [-0.15, -0.1) is 0 Å². The summed E-state index contributed by atoms with van der Waals surface area (Å²) >= 11 is 0. The van der Waals surface area contributed by atoms with Gasteiger partial charge in [-0.3, -0.25) is 4.57 Å². The molecule has 2 heterocycles. The highest BCUT2D eigenvalue weighted by Gasteiger charge is 2.37. The molecule has 5 heteroatoms. The molecule has 2 rings (SSSR count). The molecule has 2 saturated heterocycles. The van der Waals surface area contributed by atoms with E-state index in [-0.39, 0.29) is 0 Å². The van der Waals surface area contributed by atoms with Gasteiger partial charge in [0.2, 0.25) is 0 Å². The Hall–Kier alpha value is 0.110. The molecule has 0 aromatic rings. The normalized spacial score (nSPS) is 34.5. The fourth-order valence-electron chi connectivity index (χ4n) is 3.50. The molecule has 1 N–H and O–H groups in total. The molecule has 0 saturated carbocycles. The molecule has 4 nitrogen and oxygen atoms in total. The summed E-state index contributed by atoms with van der Waals surface area (Å²) < 4.78 is 23.1. The van der Waals surface area contributed by atoms with Gasteiger partial charge in [-0.2, -0.15) is 0 Å². The molecular weight excluding hydrogens is 261 g/mol. The van der Waals surface area contributed by atoms with E-state index in [0.717, 1.165) is 12.5 Å². The molecule has 4 atom stereocenters. The topological polar surface area (TPSA) is 40.0 Å². The van der Waals surface area contributed by atoms with Crippen molar-refractivity contribution in [1.29, 1.82) is 0 Å². The summed E-state index contributed by atoms with van der Waals surface area (Å²) in [6.45, 7) is 7.40. The van der Waals surface area contributed by atoms with Gasteiger partial charge in [-0.1, -0.05) is 6.92 Å². The molecule has 0 radical (unpaired) electrons. The summed E-state index contributed by atoms with van der Waals surface area (Å²) in [5.41, 5.74) is 0. The van der Waals surface area contributed by atoms with E-state index in [1.54, 1.807) is 11.6 Å². The van der Waals surface area contributed by atoms with Crippen LogP contribution in [-0.2, 0) is 13.6 Å². The maximum absolute atomic E-state index is 12.1. The molecule has 19 heavy (non-hydrogen) atoms. The Labute approximate surface area is 117 Å². The van der Waals surface area contributed by atoms with E-state index in [1.165, 1.54) is 45.2 Å². The van der Waals surface area contributed by atoms with Crippen LogP contribution in [0.25, 0.3) is 0 Å². The van der Waals surface area contributed by atoms with Crippen molar-refractivity contribution in [3.8, 4) is 0 Å². The lowest BCUT2D eigenvalue weighted by molar-refractivity contribution is -0.940. The molecule has 0 aliphatic carbocycles. The van der Waals surface area contributed by atoms with Gasteiger partial charge in [-0.25, -0.2) is 0 Å². The molecule has 0 aromatic heterocycles. The van der Waals surface area contributed by atoms with Crippen LogP contribution in [0.1, 0.15) is 45.4 Å². The highest BCUT2D eigenvalue weighted by molar-refractivity contribution is 7.52. The van der Waals surface area contributed by atoms with E-state index >= 15 is 0 Å². The van der Waals surface area contributed by atoms with Gasteiger partial charge in [0.25, 0.3) is 0 Å². The summed E-state index contributed by atoms with van der Waals surface area (Å²) in [4.78, 5) is 1.76. The molecule has 112 valence electrons. The summed E-state index contributed by atoms with van der Waals surface area (Å²) in [5.74, 6) is 0.572. The molecule has 1 unspecified atom stereocenters. The smallest absolute Gasteiger partial charge is 0.327 e. The maximum Gasteiger partial charge on any atom is 0.327 e. The third kappa shape index (κ3) is 4.56. The van der Waals surface area contributed by atoms with Crippen LogP contribution in [0.5, 0.6) is 0 Å². The fourth-order valence-corrected chi connectivity index (χ4v) is 4.55. The third-order valence-corrected chi connectivity index (χ3v) is 5.75. The molecule has 2 aliphatic heterocycles. The largest absolute Gasteiger partial charge is 0.332 e. The summed E-state index contributed by atoms with van der Waals surface area (Å²) in [5, 5.41) is 0. The minimum Gasteiger partial charge on any atom is -0.332 e. The summed E-state index contributed by atoms with van der Waals surface area (Å²) in [7, 11) is -2.83. The van der Waals surface area contributed by atoms with Crippen molar-refractivity contribution < 1.29 is 18.5 Å². The lowest BCUT2D eigenvalue weighted by Crippen LogP contribution is -3.18. The minimum absolute atomic E-state index is 0.527. The molecule has 0 aromatic carbocycles. The van der Waals surface area contributed by atoms with Gasteiger partial charge in [0.05, 0.1) is 32.3 Å². The van der Waals surface area contributed by atoms with Crippen molar-refractivity contribution in [2.45, 2.75) is 51.5 Å². The lowest BCUT2D eigenvalue weighted by Gasteiger charge is -2.41. The van der Waals surface area contributed by atoms with E-state index in [1.807, 2.05) is 6.92 Å². The van der Waals surface area contributed by atoms with Gasteiger partial charge in [-0.05, 0) is 38.5 Å². The zero-order valence-corrected chi connectivity index (χ0v) is 13.3. The number of hydrogen-bond donors (Lipinski definition) is 1. The first kappa shape index (κ1) is 15.5. The Morgan fingerprint density at radius 2 is 1.95 bits per heavy atom. The number of fused-ring (bicyclic) bond motifs is 1. The Bertz CT molecular complexity index is 322. The van der Waals surface area contributed by atoms with Crippen LogP contribution in [0.3, 0.4) is 0 Å². The summed E-state index contributed by atoms with van der Waals surface area (Å²) in [6.07, 6.45) is 7.41.